The third-order valence-electron chi connectivity index (χ3n) is 5.21. The molecule has 8 nitrogen and oxygen atoms in total. The first-order valence-electron chi connectivity index (χ1n) is 10.5. The third kappa shape index (κ3) is 6.13. The molecule has 176 valence electrons. The van der Waals surface area contributed by atoms with Gasteiger partial charge in [-0.25, -0.2) is 13.2 Å². The summed E-state index contributed by atoms with van der Waals surface area (Å²) >= 11 is 0. The monoisotopic (exact) mass is 471 g/mol. The minimum absolute atomic E-state index is 0.249. The summed E-state index contributed by atoms with van der Waals surface area (Å²) < 4.78 is 32.5. The van der Waals surface area contributed by atoms with Crippen molar-refractivity contribution in [2.45, 2.75) is 39.0 Å². The predicted octanol–water partition coefficient (Wildman–Crippen LogP) is 2.99. The van der Waals surface area contributed by atoms with Crippen LogP contribution in [0.25, 0.3) is 5.69 Å². The number of sulfonamides is 1. The summed E-state index contributed by atoms with van der Waals surface area (Å²) in [5, 5.41) is 0. The number of hydrogen-bond donors (Lipinski definition) is 2. The Morgan fingerprint density at radius 3 is 2.24 bits per heavy atom. The van der Waals surface area contributed by atoms with Gasteiger partial charge in [0, 0.05) is 23.5 Å². The van der Waals surface area contributed by atoms with E-state index >= 15 is 0 Å². The van der Waals surface area contributed by atoms with Crippen molar-refractivity contribution in [2.24, 2.45) is 0 Å². The van der Waals surface area contributed by atoms with Crippen LogP contribution in [0.3, 0.4) is 0 Å². The highest BCUT2D eigenvalue weighted by molar-refractivity contribution is 7.92. The fourth-order valence-corrected chi connectivity index (χ4v) is 4.21. The molecule has 0 saturated carbocycles. The minimum atomic E-state index is -3.33. The summed E-state index contributed by atoms with van der Waals surface area (Å²) in [6.45, 7) is 6.21. The van der Waals surface area contributed by atoms with Crippen LogP contribution in [0.2, 0.25) is 0 Å². The van der Waals surface area contributed by atoms with Gasteiger partial charge in [0.05, 0.1) is 19.1 Å². The molecule has 0 aliphatic carbocycles. The quantitative estimate of drug-likeness (QED) is 0.550. The van der Waals surface area contributed by atoms with Crippen molar-refractivity contribution in [3.05, 3.63) is 86.2 Å². The maximum Gasteiger partial charge on any atom is 0.332 e. The molecule has 0 atom stereocenters. The average molecular weight is 472 g/mol. The molecular weight excluding hydrogens is 442 g/mol. The molecule has 1 aromatic heterocycles. The molecule has 1 heterocycles. The second kappa shape index (κ2) is 9.27. The number of aromatic nitrogens is 2. The van der Waals surface area contributed by atoms with Crippen molar-refractivity contribution in [2.75, 3.05) is 18.1 Å². The lowest BCUT2D eigenvalue weighted by Crippen LogP contribution is -2.28. The molecule has 0 radical (unpaired) electrons. The van der Waals surface area contributed by atoms with Crippen LogP contribution in [0, 0.1) is 0 Å². The van der Waals surface area contributed by atoms with Gasteiger partial charge < -0.3 is 4.74 Å². The van der Waals surface area contributed by atoms with Gasteiger partial charge in [-0.15, -0.1) is 0 Å². The third-order valence-corrected chi connectivity index (χ3v) is 5.81. The zero-order valence-corrected chi connectivity index (χ0v) is 20.2. The minimum Gasteiger partial charge on any atom is -0.496 e. The van der Waals surface area contributed by atoms with E-state index in [4.69, 9.17) is 4.74 Å². The second-order valence-corrected chi connectivity index (χ2v) is 10.7. The number of aryl methyl sites for hydroxylation is 2. The van der Waals surface area contributed by atoms with Crippen LogP contribution < -0.4 is 20.7 Å². The number of aromatic amines is 1. The molecule has 0 bridgehead atoms. The fourth-order valence-electron chi connectivity index (χ4n) is 3.65. The number of nitrogens with one attached hydrogen (secondary N) is 2. The van der Waals surface area contributed by atoms with Gasteiger partial charge >= 0.3 is 5.69 Å². The molecule has 2 N–H and O–H groups in total. The van der Waals surface area contributed by atoms with Crippen molar-refractivity contribution in [3.8, 4) is 11.4 Å². The number of H-pyrrole nitrogens is 1. The highest BCUT2D eigenvalue weighted by Gasteiger charge is 2.23. The van der Waals surface area contributed by atoms with Crippen molar-refractivity contribution in [1.82, 2.24) is 9.55 Å². The Balaban J connectivity index is 1.99. The summed E-state index contributed by atoms with van der Waals surface area (Å²) in [4.78, 5) is 26.2. The lowest BCUT2D eigenvalue weighted by Gasteiger charge is -2.25. The van der Waals surface area contributed by atoms with E-state index in [1.165, 1.54) is 16.8 Å². The summed E-state index contributed by atoms with van der Waals surface area (Å²) in [5.74, 6) is 0.763. The van der Waals surface area contributed by atoms with Crippen LogP contribution in [0.1, 0.15) is 37.5 Å². The van der Waals surface area contributed by atoms with Crippen LogP contribution in [-0.4, -0.2) is 31.3 Å². The number of nitrogens with zero attached hydrogens (tertiary/aromatic N) is 1. The number of hydrogen-bond acceptors (Lipinski definition) is 5. The SMILES string of the molecule is COc1c(CCc2ccc(NS(C)(=O)=O)cc2)cc(-n2ccc(=O)[nH]c2=O)cc1C(C)(C)C. The number of ether oxygens (including phenoxy) is 1. The lowest BCUT2D eigenvalue weighted by atomic mass is 9.84. The molecule has 2 aromatic carbocycles. The number of benzene rings is 2. The van der Waals surface area contributed by atoms with E-state index in [1.54, 1.807) is 19.2 Å². The van der Waals surface area contributed by atoms with Crippen LogP contribution >= 0.6 is 0 Å². The van der Waals surface area contributed by atoms with Crippen LogP contribution in [-0.2, 0) is 28.3 Å². The van der Waals surface area contributed by atoms with Gasteiger partial charge in [0.25, 0.3) is 5.56 Å². The van der Waals surface area contributed by atoms with Crippen molar-refractivity contribution < 1.29 is 13.2 Å². The standard InChI is InChI=1S/C24H29N3O5S/c1-24(2,3)20-15-19(27-13-12-21(28)25-23(27)29)14-17(22(20)32-4)9-6-16-7-10-18(11-8-16)26-33(5,30)31/h7-8,10-15,26H,6,9H2,1-5H3,(H,25,28,29). The average Bonchev–Trinajstić information content (AvgIpc) is 2.71. The van der Waals surface area contributed by atoms with E-state index in [-0.39, 0.29) is 5.41 Å². The summed E-state index contributed by atoms with van der Waals surface area (Å²) in [7, 11) is -1.70. The van der Waals surface area contributed by atoms with E-state index < -0.39 is 21.3 Å². The molecule has 0 spiro atoms. The Morgan fingerprint density at radius 2 is 1.70 bits per heavy atom. The van der Waals surface area contributed by atoms with Crippen LogP contribution in [0.15, 0.2) is 58.3 Å². The second-order valence-electron chi connectivity index (χ2n) is 8.99. The number of anilines is 1. The van der Waals surface area contributed by atoms with E-state index in [1.807, 2.05) is 24.3 Å². The summed E-state index contributed by atoms with van der Waals surface area (Å²) in [6, 6.07) is 12.3. The van der Waals surface area contributed by atoms with E-state index in [9.17, 15) is 18.0 Å². The fraction of sp³-hybridized carbons (Fsp3) is 0.333. The molecule has 0 aliphatic heterocycles. The molecule has 33 heavy (non-hydrogen) atoms. The first-order valence-corrected chi connectivity index (χ1v) is 12.4. The number of methoxy groups -OCH3 is 1. The van der Waals surface area contributed by atoms with Gasteiger partial charge in [-0.05, 0) is 53.6 Å². The van der Waals surface area contributed by atoms with Gasteiger partial charge in [0.2, 0.25) is 10.0 Å². The Hall–Kier alpha value is -3.33. The molecule has 3 aromatic rings. The highest BCUT2D eigenvalue weighted by atomic mass is 32.2. The first kappa shape index (κ1) is 24.3. The molecular formula is C24H29N3O5S. The lowest BCUT2D eigenvalue weighted by molar-refractivity contribution is 0.392. The number of rotatable bonds is 7. The van der Waals surface area contributed by atoms with Crippen LogP contribution in [0.5, 0.6) is 5.75 Å². The molecule has 0 aliphatic rings. The Bertz CT molecular complexity index is 1360. The first-order chi connectivity index (χ1) is 15.4. The topological polar surface area (TPSA) is 110 Å². The van der Waals surface area contributed by atoms with Gasteiger partial charge in [-0.1, -0.05) is 32.9 Å². The largest absolute Gasteiger partial charge is 0.496 e. The van der Waals surface area contributed by atoms with Gasteiger partial charge in [-0.3, -0.25) is 19.1 Å². The summed E-state index contributed by atoms with van der Waals surface area (Å²) in [5.41, 5.74) is 2.85. The predicted molar refractivity (Wildman–Crippen MR) is 130 cm³/mol. The summed E-state index contributed by atoms with van der Waals surface area (Å²) in [6.07, 6.45) is 3.90. The molecule has 9 heteroatoms. The maximum atomic E-state index is 12.4. The maximum absolute atomic E-state index is 12.4. The van der Waals surface area contributed by atoms with Gasteiger partial charge in [-0.2, -0.15) is 0 Å². The van der Waals surface area contributed by atoms with Gasteiger partial charge in [0.15, 0.2) is 0 Å². The normalized spacial score (nSPS) is 11.9. The van der Waals surface area contributed by atoms with Crippen molar-refractivity contribution in [1.29, 1.82) is 0 Å². The Labute approximate surface area is 193 Å². The van der Waals surface area contributed by atoms with E-state index in [2.05, 4.69) is 30.5 Å². The Kier molecular flexibility index (Phi) is 6.83. The molecule has 3 rings (SSSR count). The van der Waals surface area contributed by atoms with Gasteiger partial charge in [0.1, 0.15) is 5.75 Å². The molecule has 0 fully saturated rings. The molecule has 0 amide bonds. The highest BCUT2D eigenvalue weighted by Crippen LogP contribution is 2.36. The zero-order chi connectivity index (χ0) is 24.4. The van der Waals surface area contributed by atoms with E-state index in [0.717, 1.165) is 28.7 Å². The van der Waals surface area contributed by atoms with E-state index in [0.29, 0.717) is 24.2 Å². The van der Waals surface area contributed by atoms with Crippen molar-refractivity contribution >= 4 is 15.7 Å². The zero-order valence-electron chi connectivity index (χ0n) is 19.4. The molecule has 0 unspecified atom stereocenters. The molecule has 0 saturated heterocycles. The smallest absolute Gasteiger partial charge is 0.332 e. The Morgan fingerprint density at radius 1 is 1.03 bits per heavy atom. The van der Waals surface area contributed by atoms with Crippen molar-refractivity contribution in [3.63, 3.8) is 0 Å². The van der Waals surface area contributed by atoms with Crippen LogP contribution in [0.4, 0.5) is 5.69 Å².